The van der Waals surface area contributed by atoms with Gasteiger partial charge in [-0.05, 0) is 44.0 Å². The third-order valence-corrected chi connectivity index (χ3v) is 3.65. The molecule has 2 unspecified atom stereocenters. The van der Waals surface area contributed by atoms with Gasteiger partial charge in [0.05, 0.1) is 0 Å². The van der Waals surface area contributed by atoms with Gasteiger partial charge in [0.1, 0.15) is 11.4 Å². The highest BCUT2D eigenvalue weighted by Crippen LogP contribution is 2.33. The highest BCUT2D eigenvalue weighted by molar-refractivity contribution is 5.30. The first-order valence-corrected chi connectivity index (χ1v) is 6.32. The smallest absolute Gasteiger partial charge is 0.148 e. The maximum absolute atomic E-state index is 14.9. The third kappa shape index (κ3) is 2.78. The summed E-state index contributed by atoms with van der Waals surface area (Å²) in [4.78, 5) is 0. The van der Waals surface area contributed by atoms with Crippen LogP contribution in [0.2, 0.25) is 0 Å². The topological polar surface area (TPSA) is 32.3 Å². The summed E-state index contributed by atoms with van der Waals surface area (Å²) in [5.74, 6) is 0.179. The van der Waals surface area contributed by atoms with E-state index in [9.17, 15) is 9.50 Å². The lowest BCUT2D eigenvalue weighted by Gasteiger charge is -2.31. The quantitative estimate of drug-likeness (QED) is 0.828. The average molecular weight is 237 g/mol. The molecule has 0 radical (unpaired) electrons. The molecule has 1 heterocycles. The van der Waals surface area contributed by atoms with E-state index < -0.39 is 5.67 Å². The van der Waals surface area contributed by atoms with Crippen molar-refractivity contribution in [3.05, 3.63) is 29.8 Å². The van der Waals surface area contributed by atoms with Crippen LogP contribution >= 0.6 is 0 Å². The van der Waals surface area contributed by atoms with Crippen molar-refractivity contribution in [2.45, 2.75) is 44.3 Å². The van der Waals surface area contributed by atoms with Gasteiger partial charge in [-0.15, -0.1) is 0 Å². The van der Waals surface area contributed by atoms with Crippen molar-refractivity contribution in [2.24, 2.45) is 0 Å². The van der Waals surface area contributed by atoms with Gasteiger partial charge in [-0.2, -0.15) is 0 Å². The van der Waals surface area contributed by atoms with E-state index in [1.54, 1.807) is 31.2 Å². The SMILES string of the molecule is CC(F)(c1ccc(O)cc1)C1CCCCCN1. The fraction of sp³-hybridized carbons (Fsp3) is 0.571. The lowest BCUT2D eigenvalue weighted by Crippen LogP contribution is -2.43. The van der Waals surface area contributed by atoms with Gasteiger partial charge >= 0.3 is 0 Å². The summed E-state index contributed by atoms with van der Waals surface area (Å²) < 4.78 is 14.9. The summed E-state index contributed by atoms with van der Waals surface area (Å²) in [5, 5.41) is 12.5. The molecule has 0 aliphatic carbocycles. The van der Waals surface area contributed by atoms with Gasteiger partial charge < -0.3 is 10.4 Å². The molecule has 1 aromatic carbocycles. The van der Waals surface area contributed by atoms with Crippen LogP contribution in [0, 0.1) is 0 Å². The van der Waals surface area contributed by atoms with Crippen molar-refractivity contribution in [2.75, 3.05) is 6.54 Å². The maximum atomic E-state index is 14.9. The Balaban J connectivity index is 2.18. The fourth-order valence-corrected chi connectivity index (χ4v) is 2.48. The van der Waals surface area contributed by atoms with Crippen LogP contribution < -0.4 is 5.32 Å². The number of nitrogens with one attached hydrogen (secondary N) is 1. The largest absolute Gasteiger partial charge is 0.508 e. The number of phenols is 1. The number of hydrogen-bond acceptors (Lipinski definition) is 2. The molecule has 0 bridgehead atoms. The van der Waals surface area contributed by atoms with E-state index >= 15 is 0 Å². The van der Waals surface area contributed by atoms with Crippen molar-refractivity contribution in [3.63, 3.8) is 0 Å². The fourth-order valence-electron chi connectivity index (χ4n) is 2.48. The van der Waals surface area contributed by atoms with E-state index in [4.69, 9.17) is 0 Å². The predicted molar refractivity (Wildman–Crippen MR) is 66.8 cm³/mol. The highest BCUT2D eigenvalue weighted by atomic mass is 19.1. The Bertz CT molecular complexity index is 353. The number of halogens is 1. The molecule has 0 aromatic heterocycles. The number of benzene rings is 1. The van der Waals surface area contributed by atoms with Crippen molar-refractivity contribution >= 4 is 0 Å². The van der Waals surface area contributed by atoms with E-state index in [1.807, 2.05) is 0 Å². The minimum Gasteiger partial charge on any atom is -0.508 e. The van der Waals surface area contributed by atoms with Crippen molar-refractivity contribution in [1.82, 2.24) is 5.32 Å². The molecular formula is C14H20FNO. The average Bonchev–Trinajstić information content (AvgIpc) is 2.58. The Morgan fingerprint density at radius 2 is 1.94 bits per heavy atom. The molecule has 17 heavy (non-hydrogen) atoms. The summed E-state index contributed by atoms with van der Waals surface area (Å²) in [6, 6.07) is 6.30. The Hall–Kier alpha value is -1.09. The summed E-state index contributed by atoms with van der Waals surface area (Å²) in [7, 11) is 0. The number of phenolic OH excluding ortho intramolecular Hbond substituents is 1. The Morgan fingerprint density at radius 3 is 2.65 bits per heavy atom. The molecule has 1 aliphatic rings. The lowest BCUT2D eigenvalue weighted by atomic mass is 9.87. The molecule has 1 saturated heterocycles. The van der Waals surface area contributed by atoms with Crippen LogP contribution in [-0.4, -0.2) is 17.7 Å². The number of rotatable bonds is 2. The minimum absolute atomic E-state index is 0.130. The minimum atomic E-state index is -1.38. The second kappa shape index (κ2) is 5.05. The molecular weight excluding hydrogens is 217 g/mol. The lowest BCUT2D eigenvalue weighted by molar-refractivity contribution is 0.123. The van der Waals surface area contributed by atoms with Gasteiger partial charge in [0.15, 0.2) is 0 Å². The van der Waals surface area contributed by atoms with E-state index in [-0.39, 0.29) is 11.8 Å². The van der Waals surface area contributed by atoms with Crippen LogP contribution in [0.4, 0.5) is 4.39 Å². The van der Waals surface area contributed by atoms with E-state index in [1.165, 1.54) is 6.42 Å². The standard InChI is InChI=1S/C14H20FNO/c1-14(15,11-6-8-12(17)9-7-11)13-5-3-2-4-10-16-13/h6-9,13,16-17H,2-5,10H2,1H3. The molecule has 0 spiro atoms. The van der Waals surface area contributed by atoms with Crippen LogP contribution in [-0.2, 0) is 5.67 Å². The first-order chi connectivity index (χ1) is 8.10. The van der Waals surface area contributed by atoms with Gasteiger partial charge in [0.25, 0.3) is 0 Å². The van der Waals surface area contributed by atoms with E-state index in [0.717, 1.165) is 25.8 Å². The monoisotopic (exact) mass is 237 g/mol. The van der Waals surface area contributed by atoms with Crippen molar-refractivity contribution < 1.29 is 9.50 Å². The van der Waals surface area contributed by atoms with Crippen LogP contribution in [0.3, 0.4) is 0 Å². The highest BCUT2D eigenvalue weighted by Gasteiger charge is 2.35. The number of hydrogen-bond donors (Lipinski definition) is 2. The molecule has 2 atom stereocenters. The molecule has 2 rings (SSSR count). The predicted octanol–water partition coefficient (Wildman–Crippen LogP) is 3.11. The third-order valence-electron chi connectivity index (χ3n) is 3.65. The van der Waals surface area contributed by atoms with Crippen molar-refractivity contribution in [1.29, 1.82) is 0 Å². The molecule has 94 valence electrons. The molecule has 1 aromatic rings. The zero-order valence-corrected chi connectivity index (χ0v) is 10.2. The summed E-state index contributed by atoms with van der Waals surface area (Å²) in [6.07, 6.45) is 4.25. The normalized spacial score (nSPS) is 24.9. The molecule has 1 fully saturated rings. The first-order valence-electron chi connectivity index (χ1n) is 6.32. The van der Waals surface area contributed by atoms with Crippen LogP contribution in [0.1, 0.15) is 38.2 Å². The molecule has 1 aliphatic heterocycles. The second-order valence-corrected chi connectivity index (χ2v) is 4.98. The molecule has 2 nitrogen and oxygen atoms in total. The Labute approximate surface area is 102 Å². The van der Waals surface area contributed by atoms with Gasteiger partial charge in [0.2, 0.25) is 0 Å². The first kappa shape index (κ1) is 12.4. The second-order valence-electron chi connectivity index (χ2n) is 4.98. The van der Waals surface area contributed by atoms with Gasteiger partial charge in [0, 0.05) is 6.04 Å². The maximum Gasteiger partial charge on any atom is 0.148 e. The summed E-state index contributed by atoms with van der Waals surface area (Å²) in [6.45, 7) is 2.52. The zero-order chi connectivity index (χ0) is 12.3. The Kier molecular flexibility index (Phi) is 3.67. The molecule has 0 saturated carbocycles. The van der Waals surface area contributed by atoms with Crippen LogP contribution in [0.5, 0.6) is 5.75 Å². The van der Waals surface area contributed by atoms with Crippen LogP contribution in [0.25, 0.3) is 0 Å². The summed E-state index contributed by atoms with van der Waals surface area (Å²) in [5.41, 5.74) is -0.743. The number of aromatic hydroxyl groups is 1. The van der Waals surface area contributed by atoms with Gasteiger partial charge in [-0.1, -0.05) is 25.0 Å². The van der Waals surface area contributed by atoms with Crippen molar-refractivity contribution in [3.8, 4) is 5.75 Å². The molecule has 3 heteroatoms. The molecule has 0 amide bonds. The summed E-state index contributed by atoms with van der Waals surface area (Å²) >= 11 is 0. The van der Waals surface area contributed by atoms with E-state index in [2.05, 4.69) is 5.32 Å². The van der Waals surface area contributed by atoms with Crippen LogP contribution in [0.15, 0.2) is 24.3 Å². The number of alkyl halides is 1. The molecule has 2 N–H and O–H groups in total. The zero-order valence-electron chi connectivity index (χ0n) is 10.2. The van der Waals surface area contributed by atoms with Gasteiger partial charge in [-0.25, -0.2) is 4.39 Å². The Morgan fingerprint density at radius 1 is 1.24 bits per heavy atom. The van der Waals surface area contributed by atoms with E-state index in [0.29, 0.717) is 5.56 Å². The van der Waals surface area contributed by atoms with Gasteiger partial charge in [-0.3, -0.25) is 0 Å².